The first kappa shape index (κ1) is 10.9. The molecule has 2 aliphatic rings. The number of rotatable bonds is 2. The van der Waals surface area contributed by atoms with Gasteiger partial charge in [0.1, 0.15) is 6.04 Å². The predicted molar refractivity (Wildman–Crippen MR) is 57.5 cm³/mol. The van der Waals surface area contributed by atoms with Gasteiger partial charge in [-0.15, -0.1) is 0 Å². The number of carbonyl (C=O) groups excluding carboxylic acids is 1. The average Bonchev–Trinajstić information content (AvgIpc) is 2.70. The SMILES string of the molecule is O=C1C(CO)NCCCN1C1CCCC1. The van der Waals surface area contributed by atoms with Crippen molar-refractivity contribution in [3.8, 4) is 0 Å². The molecule has 2 fully saturated rings. The zero-order chi connectivity index (χ0) is 10.7. The fourth-order valence-corrected chi connectivity index (χ4v) is 2.64. The van der Waals surface area contributed by atoms with Crippen molar-refractivity contribution in [1.82, 2.24) is 10.2 Å². The van der Waals surface area contributed by atoms with Gasteiger partial charge in [0.05, 0.1) is 6.61 Å². The molecule has 2 rings (SSSR count). The smallest absolute Gasteiger partial charge is 0.242 e. The molecular weight excluding hydrogens is 192 g/mol. The van der Waals surface area contributed by atoms with Crippen molar-refractivity contribution in [2.75, 3.05) is 19.7 Å². The fraction of sp³-hybridized carbons (Fsp3) is 0.909. The van der Waals surface area contributed by atoms with E-state index in [2.05, 4.69) is 5.32 Å². The zero-order valence-corrected chi connectivity index (χ0v) is 9.11. The monoisotopic (exact) mass is 212 g/mol. The molecular formula is C11H20N2O2. The molecule has 1 aliphatic heterocycles. The molecule has 1 saturated heterocycles. The average molecular weight is 212 g/mol. The number of nitrogens with one attached hydrogen (secondary N) is 1. The second-order valence-electron chi connectivity index (χ2n) is 4.51. The van der Waals surface area contributed by atoms with Gasteiger partial charge in [-0.3, -0.25) is 4.79 Å². The summed E-state index contributed by atoms with van der Waals surface area (Å²) in [4.78, 5) is 14.1. The summed E-state index contributed by atoms with van der Waals surface area (Å²) in [6.45, 7) is 1.61. The molecule has 0 radical (unpaired) electrons. The quantitative estimate of drug-likeness (QED) is 0.683. The van der Waals surface area contributed by atoms with E-state index in [4.69, 9.17) is 5.11 Å². The van der Waals surface area contributed by atoms with Gasteiger partial charge in [0, 0.05) is 12.6 Å². The van der Waals surface area contributed by atoms with Crippen molar-refractivity contribution >= 4 is 5.91 Å². The van der Waals surface area contributed by atoms with Crippen LogP contribution in [-0.4, -0.2) is 47.7 Å². The van der Waals surface area contributed by atoms with Gasteiger partial charge >= 0.3 is 0 Å². The zero-order valence-electron chi connectivity index (χ0n) is 9.11. The van der Waals surface area contributed by atoms with Gasteiger partial charge in [0.2, 0.25) is 5.91 Å². The first-order valence-electron chi connectivity index (χ1n) is 5.97. The second-order valence-corrected chi connectivity index (χ2v) is 4.51. The lowest BCUT2D eigenvalue weighted by atomic mass is 10.1. The summed E-state index contributed by atoms with van der Waals surface area (Å²) < 4.78 is 0. The Morgan fingerprint density at radius 1 is 1.33 bits per heavy atom. The summed E-state index contributed by atoms with van der Waals surface area (Å²) >= 11 is 0. The van der Waals surface area contributed by atoms with Crippen molar-refractivity contribution in [3.63, 3.8) is 0 Å². The van der Waals surface area contributed by atoms with Crippen LogP contribution in [-0.2, 0) is 4.79 Å². The van der Waals surface area contributed by atoms with Gasteiger partial charge in [-0.25, -0.2) is 0 Å². The van der Waals surface area contributed by atoms with Gasteiger partial charge < -0.3 is 15.3 Å². The third kappa shape index (κ3) is 2.32. The summed E-state index contributed by atoms with van der Waals surface area (Å²) in [6, 6.07) is 0.0690. The Morgan fingerprint density at radius 2 is 2.07 bits per heavy atom. The highest BCUT2D eigenvalue weighted by molar-refractivity contribution is 5.82. The van der Waals surface area contributed by atoms with Gasteiger partial charge in [0.25, 0.3) is 0 Å². The Kier molecular flexibility index (Phi) is 3.59. The second kappa shape index (κ2) is 4.94. The van der Waals surface area contributed by atoms with E-state index in [0.717, 1.165) is 32.4 Å². The van der Waals surface area contributed by atoms with Crippen molar-refractivity contribution < 1.29 is 9.90 Å². The molecule has 1 atom stereocenters. The lowest BCUT2D eigenvalue weighted by molar-refractivity contribution is -0.135. The third-order valence-electron chi connectivity index (χ3n) is 3.50. The molecule has 86 valence electrons. The molecule has 0 aromatic rings. The van der Waals surface area contributed by atoms with Crippen molar-refractivity contribution in [1.29, 1.82) is 0 Å². The number of carbonyl (C=O) groups is 1. The van der Waals surface area contributed by atoms with E-state index >= 15 is 0 Å². The molecule has 1 heterocycles. The Hall–Kier alpha value is -0.610. The van der Waals surface area contributed by atoms with Crippen LogP contribution < -0.4 is 5.32 Å². The first-order chi connectivity index (χ1) is 7.33. The molecule has 1 saturated carbocycles. The third-order valence-corrected chi connectivity index (χ3v) is 3.50. The van der Waals surface area contributed by atoms with Crippen LogP contribution in [0.15, 0.2) is 0 Å². The van der Waals surface area contributed by atoms with Crippen LogP contribution in [0.4, 0.5) is 0 Å². The Balaban J connectivity index is 2.03. The first-order valence-corrected chi connectivity index (χ1v) is 5.97. The Labute approximate surface area is 90.6 Å². The standard InChI is InChI=1S/C11H20N2O2/c14-8-10-11(15)13(7-3-6-12-10)9-4-1-2-5-9/h9-10,12,14H,1-8H2. The van der Waals surface area contributed by atoms with Crippen molar-refractivity contribution in [3.05, 3.63) is 0 Å². The van der Waals surface area contributed by atoms with Crippen LogP contribution in [0.25, 0.3) is 0 Å². The minimum Gasteiger partial charge on any atom is -0.394 e. The summed E-state index contributed by atoms with van der Waals surface area (Å²) in [6.07, 6.45) is 5.77. The number of hydrogen-bond acceptors (Lipinski definition) is 3. The highest BCUT2D eigenvalue weighted by atomic mass is 16.3. The number of aliphatic hydroxyl groups excluding tert-OH is 1. The fourth-order valence-electron chi connectivity index (χ4n) is 2.64. The predicted octanol–water partition coefficient (Wildman–Crippen LogP) is 0.112. The Morgan fingerprint density at radius 3 is 2.73 bits per heavy atom. The van der Waals surface area contributed by atoms with Gasteiger partial charge in [-0.05, 0) is 25.8 Å². The molecule has 4 heteroatoms. The van der Waals surface area contributed by atoms with Crippen LogP contribution in [0.2, 0.25) is 0 Å². The lowest BCUT2D eigenvalue weighted by Gasteiger charge is -2.29. The summed E-state index contributed by atoms with van der Waals surface area (Å²) in [5, 5.41) is 12.2. The summed E-state index contributed by atoms with van der Waals surface area (Å²) in [5.41, 5.74) is 0. The van der Waals surface area contributed by atoms with E-state index in [1.165, 1.54) is 12.8 Å². The van der Waals surface area contributed by atoms with Crippen LogP contribution in [0.5, 0.6) is 0 Å². The molecule has 1 aliphatic carbocycles. The van der Waals surface area contributed by atoms with Crippen LogP contribution in [0.1, 0.15) is 32.1 Å². The minimum atomic E-state index is -0.368. The van der Waals surface area contributed by atoms with Crippen molar-refractivity contribution in [2.24, 2.45) is 0 Å². The molecule has 1 amide bonds. The molecule has 0 spiro atoms. The maximum atomic E-state index is 12.1. The van der Waals surface area contributed by atoms with Crippen LogP contribution in [0.3, 0.4) is 0 Å². The molecule has 15 heavy (non-hydrogen) atoms. The maximum absolute atomic E-state index is 12.1. The van der Waals surface area contributed by atoms with E-state index in [-0.39, 0.29) is 18.6 Å². The highest BCUT2D eigenvalue weighted by Crippen LogP contribution is 2.24. The Bertz CT molecular complexity index is 227. The van der Waals surface area contributed by atoms with E-state index in [0.29, 0.717) is 6.04 Å². The van der Waals surface area contributed by atoms with Gasteiger partial charge in [-0.2, -0.15) is 0 Å². The van der Waals surface area contributed by atoms with Gasteiger partial charge in [0.15, 0.2) is 0 Å². The van der Waals surface area contributed by atoms with Crippen LogP contribution in [0, 0.1) is 0 Å². The summed E-state index contributed by atoms with van der Waals surface area (Å²) in [5.74, 6) is 0.0990. The largest absolute Gasteiger partial charge is 0.394 e. The minimum absolute atomic E-state index is 0.0813. The lowest BCUT2D eigenvalue weighted by Crippen LogP contribution is -2.48. The number of amides is 1. The number of hydrogen-bond donors (Lipinski definition) is 2. The molecule has 2 N–H and O–H groups in total. The van der Waals surface area contributed by atoms with Crippen molar-refractivity contribution in [2.45, 2.75) is 44.2 Å². The molecule has 0 aromatic heterocycles. The molecule has 0 bridgehead atoms. The molecule has 1 unspecified atom stereocenters. The van der Waals surface area contributed by atoms with E-state index in [1.54, 1.807) is 0 Å². The summed E-state index contributed by atoms with van der Waals surface area (Å²) in [7, 11) is 0. The van der Waals surface area contributed by atoms with E-state index < -0.39 is 0 Å². The molecule has 4 nitrogen and oxygen atoms in total. The number of aliphatic hydroxyl groups is 1. The number of nitrogens with zero attached hydrogens (tertiary/aromatic N) is 1. The molecule has 0 aromatic carbocycles. The van der Waals surface area contributed by atoms with E-state index in [1.807, 2.05) is 4.90 Å². The highest BCUT2D eigenvalue weighted by Gasteiger charge is 2.32. The van der Waals surface area contributed by atoms with Gasteiger partial charge in [-0.1, -0.05) is 12.8 Å². The maximum Gasteiger partial charge on any atom is 0.242 e. The normalized spacial score (nSPS) is 29.5. The topological polar surface area (TPSA) is 52.6 Å². The van der Waals surface area contributed by atoms with E-state index in [9.17, 15) is 4.79 Å². The van der Waals surface area contributed by atoms with Crippen LogP contribution >= 0.6 is 0 Å².